The fourth-order valence-corrected chi connectivity index (χ4v) is 0. The Morgan fingerprint density at radius 2 is 1.25 bits per heavy atom. The molecule has 0 aliphatic heterocycles. The molecule has 4 heavy (non-hydrogen) atoms. The van der Waals surface area contributed by atoms with E-state index in [-0.39, 0.29) is 40.7 Å². The molecule has 0 aromatic rings. The van der Waals surface area contributed by atoms with E-state index < -0.39 is 0 Å². The molecular formula is H3AlCuOTe. The first-order valence-corrected chi connectivity index (χ1v) is 0.866. The summed E-state index contributed by atoms with van der Waals surface area (Å²) in [5, 5.41) is 0. The van der Waals surface area contributed by atoms with E-state index in [9.17, 15) is 0 Å². The molecule has 1 radical (unpaired) electrons. The van der Waals surface area contributed by atoms with Gasteiger partial charge in [0.1, 0.15) is 0 Å². The van der Waals surface area contributed by atoms with Crippen LogP contribution in [0.15, 0.2) is 0 Å². The maximum atomic E-state index is 8.28. The van der Waals surface area contributed by atoms with Crippen LogP contribution in [0.2, 0.25) is 0 Å². The van der Waals surface area contributed by atoms with Gasteiger partial charge in [0.15, 0.2) is 0 Å². The van der Waals surface area contributed by atoms with Gasteiger partial charge in [-0.1, -0.05) is 0 Å². The van der Waals surface area contributed by atoms with Gasteiger partial charge >= 0.3 is 43.7 Å². The molecule has 0 N–H and O–H groups in total. The molecule has 4 heteroatoms. The van der Waals surface area contributed by atoms with Crippen LogP contribution >= 0.6 is 0 Å². The average molecular weight is 237 g/mol. The molecule has 0 spiro atoms. The van der Waals surface area contributed by atoms with E-state index in [0.717, 1.165) is 0 Å². The van der Waals surface area contributed by atoms with Crippen molar-refractivity contribution in [2.24, 2.45) is 0 Å². The summed E-state index contributed by atoms with van der Waals surface area (Å²) >= 11 is 0.611. The topological polar surface area (TPSA) is 17.1 Å². The summed E-state index contributed by atoms with van der Waals surface area (Å²) in [4.78, 5) is 0. The first-order chi connectivity index (χ1) is 1.00. The molecule has 0 heterocycles. The van der Waals surface area contributed by atoms with Crippen LogP contribution in [0.4, 0.5) is 0 Å². The Morgan fingerprint density at radius 1 is 1.25 bits per heavy atom. The molecule has 0 aliphatic carbocycles. The van der Waals surface area contributed by atoms with Crippen molar-refractivity contribution in [3.05, 3.63) is 0 Å². The second-order valence-corrected chi connectivity index (χ2v) is 0. The molecule has 0 aromatic carbocycles. The van der Waals surface area contributed by atoms with Crippen LogP contribution in [0.5, 0.6) is 0 Å². The van der Waals surface area contributed by atoms with Gasteiger partial charge in [-0.15, -0.1) is 0 Å². The Kier molecular flexibility index (Phi) is 99.5. The summed E-state index contributed by atoms with van der Waals surface area (Å²) in [6.07, 6.45) is 0. The minimum absolute atomic E-state index is 0. The molecule has 1 nitrogen and oxygen atoms in total. The molecule has 0 aliphatic rings. The Bertz CT molecular complexity index is 8.00. The van der Waals surface area contributed by atoms with E-state index in [1.807, 2.05) is 0 Å². The van der Waals surface area contributed by atoms with Crippen molar-refractivity contribution in [2.45, 2.75) is 0 Å². The van der Waals surface area contributed by atoms with Gasteiger partial charge in [0.2, 0.25) is 0 Å². The third-order valence-electron chi connectivity index (χ3n) is 0. The van der Waals surface area contributed by atoms with Crippen molar-refractivity contribution in [3.8, 4) is 0 Å². The van der Waals surface area contributed by atoms with Crippen molar-refractivity contribution >= 4 is 39.9 Å². The van der Waals surface area contributed by atoms with Crippen LogP contribution in [0.1, 0.15) is 0 Å². The normalized spacial score (nSPS) is 0.750. The van der Waals surface area contributed by atoms with Crippen LogP contribution in [0.3, 0.4) is 0 Å². The van der Waals surface area contributed by atoms with Gasteiger partial charge in [-0.05, 0) is 0 Å². The number of hydrogen-bond donors (Lipinski definition) is 0. The molecular weight excluding hydrogens is 234 g/mol. The molecule has 0 bridgehead atoms. The van der Waals surface area contributed by atoms with Gasteiger partial charge in [0, 0.05) is 17.1 Å². The number of rotatable bonds is 0. The van der Waals surface area contributed by atoms with Crippen LogP contribution in [-0.4, -0.2) is 39.9 Å². The fourth-order valence-electron chi connectivity index (χ4n) is 0. The summed E-state index contributed by atoms with van der Waals surface area (Å²) in [5.74, 6) is 0. The van der Waals surface area contributed by atoms with E-state index in [1.54, 1.807) is 0 Å². The fraction of sp³-hybridized carbons (Fsp3) is 0. The minimum atomic E-state index is 0. The Morgan fingerprint density at radius 3 is 1.25 bits per heavy atom. The van der Waals surface area contributed by atoms with Crippen LogP contribution in [0, 0.1) is 0 Å². The zero-order valence-electron chi connectivity index (χ0n) is 1.92. The Labute approximate surface area is 60.4 Å². The van der Waals surface area contributed by atoms with Gasteiger partial charge in [-0.2, -0.15) is 0 Å². The summed E-state index contributed by atoms with van der Waals surface area (Å²) in [6.45, 7) is 0. The summed E-state index contributed by atoms with van der Waals surface area (Å²) in [5.41, 5.74) is 0. The van der Waals surface area contributed by atoms with Gasteiger partial charge in [0.05, 0.1) is 0 Å². The Hall–Kier alpha value is 1.64. The van der Waals surface area contributed by atoms with Crippen molar-refractivity contribution in [2.75, 3.05) is 0 Å². The van der Waals surface area contributed by atoms with Crippen molar-refractivity contribution < 1.29 is 20.9 Å². The van der Waals surface area contributed by atoms with Crippen LogP contribution in [0.25, 0.3) is 0 Å². The second kappa shape index (κ2) is 22.8. The summed E-state index contributed by atoms with van der Waals surface area (Å²) < 4.78 is 8.28. The predicted molar refractivity (Wildman–Crippen MR) is 16.4 cm³/mol. The molecule has 0 aromatic heterocycles. The summed E-state index contributed by atoms with van der Waals surface area (Å²) in [7, 11) is 0. The first kappa shape index (κ1) is 17.4. The van der Waals surface area contributed by atoms with Gasteiger partial charge < -0.3 is 0 Å². The van der Waals surface area contributed by atoms with Gasteiger partial charge in [-0.3, -0.25) is 0 Å². The molecule has 0 saturated heterocycles. The van der Waals surface area contributed by atoms with E-state index in [2.05, 4.69) is 0 Å². The van der Waals surface area contributed by atoms with Crippen molar-refractivity contribution in [3.63, 3.8) is 0 Å². The molecule has 0 atom stereocenters. The zero-order chi connectivity index (χ0) is 2.00. The van der Waals surface area contributed by atoms with Crippen molar-refractivity contribution in [1.29, 1.82) is 0 Å². The monoisotopic (exact) mass is 239 g/mol. The standard InChI is InChI=1S/Al.Cu.O.H2Te.H/h;;;1H2;. The maximum absolute atomic E-state index is 8.28. The third kappa shape index (κ3) is 9.43. The summed E-state index contributed by atoms with van der Waals surface area (Å²) in [6, 6.07) is 0. The SMILES string of the molecule is [Cu].[O]=[AlH].[TeH2]. The van der Waals surface area contributed by atoms with E-state index in [0.29, 0.717) is 16.2 Å². The van der Waals surface area contributed by atoms with Crippen molar-refractivity contribution in [1.82, 2.24) is 0 Å². The van der Waals surface area contributed by atoms with E-state index in [4.69, 9.17) is 3.80 Å². The Balaban J connectivity index is -0.00000000500. The zero-order valence-corrected chi connectivity index (χ0v) is 7.13. The van der Waals surface area contributed by atoms with Gasteiger partial charge in [-0.25, -0.2) is 0 Å². The van der Waals surface area contributed by atoms with E-state index in [1.165, 1.54) is 0 Å². The molecule has 0 saturated carbocycles. The molecule has 0 unspecified atom stereocenters. The molecule has 0 fully saturated rings. The quantitative estimate of drug-likeness (QED) is 0.460. The predicted octanol–water partition coefficient (Wildman–Crippen LogP) is -1.69. The second-order valence-electron chi connectivity index (χ2n) is 0. The number of hydrogen-bond acceptors (Lipinski definition) is 1. The first-order valence-electron chi connectivity index (χ1n) is 0.289. The van der Waals surface area contributed by atoms with E-state index >= 15 is 0 Å². The molecule has 0 rings (SSSR count). The van der Waals surface area contributed by atoms with Crippen LogP contribution < -0.4 is 0 Å². The third-order valence-corrected chi connectivity index (χ3v) is 0. The average Bonchev–Trinajstić information content (AvgIpc) is 1.00. The molecule has 0 amide bonds. The van der Waals surface area contributed by atoms with Gasteiger partial charge in [0.25, 0.3) is 0 Å². The molecule has 29 valence electrons. The van der Waals surface area contributed by atoms with Crippen LogP contribution in [-0.2, 0) is 20.9 Å².